The van der Waals surface area contributed by atoms with E-state index in [9.17, 15) is 4.79 Å². The standard InChI is InChI=1S/C9H12O3/c1-3-6-11-7-5-8-12-9(10)4-2/h3-5,7H,1-2,6,8H2. The summed E-state index contributed by atoms with van der Waals surface area (Å²) in [6, 6.07) is 0. The molecule has 0 saturated heterocycles. The second-order valence-electron chi connectivity index (χ2n) is 1.83. The lowest BCUT2D eigenvalue weighted by Crippen LogP contribution is -1.99. The van der Waals surface area contributed by atoms with Crippen molar-refractivity contribution in [3.05, 3.63) is 37.6 Å². The summed E-state index contributed by atoms with van der Waals surface area (Å²) in [5.74, 6) is -0.441. The van der Waals surface area contributed by atoms with Crippen LogP contribution in [0.25, 0.3) is 0 Å². The minimum atomic E-state index is -0.441. The van der Waals surface area contributed by atoms with Crippen LogP contribution in [-0.4, -0.2) is 19.2 Å². The molecule has 0 spiro atoms. The number of rotatable bonds is 6. The summed E-state index contributed by atoms with van der Waals surface area (Å²) in [6.07, 6.45) is 5.78. The maximum absolute atomic E-state index is 10.5. The summed E-state index contributed by atoms with van der Waals surface area (Å²) in [6.45, 7) is 7.35. The average Bonchev–Trinajstić information content (AvgIpc) is 2.10. The van der Waals surface area contributed by atoms with Crippen LogP contribution in [0, 0.1) is 0 Å². The van der Waals surface area contributed by atoms with E-state index in [0.29, 0.717) is 6.61 Å². The molecule has 66 valence electrons. The molecule has 0 amide bonds. The summed E-state index contributed by atoms with van der Waals surface area (Å²) in [4.78, 5) is 10.5. The molecule has 0 aromatic carbocycles. The van der Waals surface area contributed by atoms with Gasteiger partial charge < -0.3 is 9.47 Å². The molecule has 0 heterocycles. The van der Waals surface area contributed by atoms with Gasteiger partial charge >= 0.3 is 5.97 Å². The summed E-state index contributed by atoms with van der Waals surface area (Å²) in [7, 11) is 0. The molecule has 12 heavy (non-hydrogen) atoms. The van der Waals surface area contributed by atoms with E-state index in [4.69, 9.17) is 4.74 Å². The lowest BCUT2D eigenvalue weighted by atomic mass is 10.6. The first-order chi connectivity index (χ1) is 5.81. The molecular formula is C9H12O3. The minimum Gasteiger partial charge on any atom is -0.497 e. The zero-order valence-corrected chi connectivity index (χ0v) is 6.86. The number of ether oxygens (including phenoxy) is 2. The third-order valence-electron chi connectivity index (χ3n) is 0.895. The fourth-order valence-electron chi connectivity index (χ4n) is 0.420. The van der Waals surface area contributed by atoms with E-state index in [1.165, 1.54) is 6.26 Å². The van der Waals surface area contributed by atoms with Crippen molar-refractivity contribution in [1.29, 1.82) is 0 Å². The highest BCUT2D eigenvalue weighted by molar-refractivity contribution is 5.81. The molecule has 0 aliphatic carbocycles. The molecule has 0 aliphatic heterocycles. The number of carbonyl (C=O) groups is 1. The van der Waals surface area contributed by atoms with E-state index in [1.54, 1.807) is 12.2 Å². The van der Waals surface area contributed by atoms with E-state index < -0.39 is 5.97 Å². The smallest absolute Gasteiger partial charge is 0.330 e. The van der Waals surface area contributed by atoms with Crippen LogP contribution >= 0.6 is 0 Å². The molecule has 3 nitrogen and oxygen atoms in total. The third-order valence-corrected chi connectivity index (χ3v) is 0.895. The maximum atomic E-state index is 10.5. The molecule has 0 N–H and O–H groups in total. The van der Waals surface area contributed by atoms with Crippen molar-refractivity contribution in [2.45, 2.75) is 0 Å². The summed E-state index contributed by atoms with van der Waals surface area (Å²) in [5, 5.41) is 0. The minimum absolute atomic E-state index is 0.196. The third kappa shape index (κ3) is 6.61. The Morgan fingerprint density at radius 3 is 2.67 bits per heavy atom. The first-order valence-corrected chi connectivity index (χ1v) is 3.48. The van der Waals surface area contributed by atoms with Crippen molar-refractivity contribution in [2.24, 2.45) is 0 Å². The van der Waals surface area contributed by atoms with Gasteiger partial charge in [-0.1, -0.05) is 19.2 Å². The first-order valence-electron chi connectivity index (χ1n) is 3.48. The number of hydrogen-bond donors (Lipinski definition) is 0. The van der Waals surface area contributed by atoms with Gasteiger partial charge in [0.2, 0.25) is 0 Å². The van der Waals surface area contributed by atoms with Crippen molar-refractivity contribution >= 4 is 5.97 Å². The zero-order valence-electron chi connectivity index (χ0n) is 6.86. The lowest BCUT2D eigenvalue weighted by molar-refractivity contribution is -0.136. The largest absolute Gasteiger partial charge is 0.497 e. The van der Waals surface area contributed by atoms with Crippen molar-refractivity contribution in [2.75, 3.05) is 13.2 Å². The van der Waals surface area contributed by atoms with E-state index >= 15 is 0 Å². The van der Waals surface area contributed by atoms with Crippen LogP contribution in [0.3, 0.4) is 0 Å². The van der Waals surface area contributed by atoms with E-state index in [2.05, 4.69) is 17.9 Å². The Kier molecular flexibility index (Phi) is 6.64. The van der Waals surface area contributed by atoms with Crippen molar-refractivity contribution in [1.82, 2.24) is 0 Å². The molecule has 0 aromatic heterocycles. The van der Waals surface area contributed by atoms with Gasteiger partial charge in [-0.05, 0) is 6.08 Å². The molecule has 3 heteroatoms. The second-order valence-corrected chi connectivity index (χ2v) is 1.83. The zero-order chi connectivity index (χ0) is 9.23. The highest BCUT2D eigenvalue weighted by Gasteiger charge is 1.89. The fourth-order valence-corrected chi connectivity index (χ4v) is 0.420. The van der Waals surface area contributed by atoms with Gasteiger partial charge in [0.15, 0.2) is 0 Å². The van der Waals surface area contributed by atoms with Crippen LogP contribution in [0.1, 0.15) is 0 Å². The van der Waals surface area contributed by atoms with E-state index in [-0.39, 0.29) is 6.61 Å². The molecule has 0 rings (SSSR count). The van der Waals surface area contributed by atoms with E-state index in [0.717, 1.165) is 6.08 Å². The maximum Gasteiger partial charge on any atom is 0.330 e. The van der Waals surface area contributed by atoms with Gasteiger partial charge in [-0.3, -0.25) is 0 Å². The molecule has 0 aromatic rings. The molecular weight excluding hydrogens is 156 g/mol. The lowest BCUT2D eigenvalue weighted by Gasteiger charge is -1.95. The van der Waals surface area contributed by atoms with E-state index in [1.807, 2.05) is 0 Å². The van der Waals surface area contributed by atoms with Gasteiger partial charge in [0, 0.05) is 6.08 Å². The quantitative estimate of drug-likeness (QED) is 0.198. The normalized spacial score (nSPS) is 9.33. The first kappa shape index (κ1) is 10.5. The van der Waals surface area contributed by atoms with Gasteiger partial charge in [-0.15, -0.1) is 0 Å². The van der Waals surface area contributed by atoms with Gasteiger partial charge in [0.1, 0.15) is 13.2 Å². The Balaban J connectivity index is 3.29. The Morgan fingerprint density at radius 2 is 2.08 bits per heavy atom. The van der Waals surface area contributed by atoms with Crippen LogP contribution < -0.4 is 0 Å². The second kappa shape index (κ2) is 7.60. The summed E-state index contributed by atoms with van der Waals surface area (Å²) < 4.78 is 9.50. The van der Waals surface area contributed by atoms with Crippen LogP contribution in [-0.2, 0) is 14.3 Å². The van der Waals surface area contributed by atoms with Gasteiger partial charge in [0.25, 0.3) is 0 Å². The van der Waals surface area contributed by atoms with Crippen molar-refractivity contribution < 1.29 is 14.3 Å². The molecule has 0 unspecified atom stereocenters. The summed E-state index contributed by atoms with van der Waals surface area (Å²) in [5.41, 5.74) is 0. The highest BCUT2D eigenvalue weighted by Crippen LogP contribution is 1.82. The highest BCUT2D eigenvalue weighted by atomic mass is 16.5. The van der Waals surface area contributed by atoms with Crippen molar-refractivity contribution in [3.63, 3.8) is 0 Å². The van der Waals surface area contributed by atoms with Gasteiger partial charge in [-0.2, -0.15) is 0 Å². The van der Waals surface area contributed by atoms with Crippen molar-refractivity contribution in [3.8, 4) is 0 Å². The fraction of sp³-hybridized carbons (Fsp3) is 0.222. The number of esters is 1. The Hall–Kier alpha value is -1.51. The predicted octanol–water partition coefficient (Wildman–Crippen LogP) is 1.43. The molecule has 0 fully saturated rings. The Morgan fingerprint density at radius 1 is 1.33 bits per heavy atom. The number of hydrogen-bond acceptors (Lipinski definition) is 3. The molecule has 0 atom stereocenters. The molecule has 0 saturated carbocycles. The van der Waals surface area contributed by atoms with Crippen LogP contribution in [0.5, 0.6) is 0 Å². The van der Waals surface area contributed by atoms with Gasteiger partial charge in [0.05, 0.1) is 6.26 Å². The van der Waals surface area contributed by atoms with Gasteiger partial charge in [-0.25, -0.2) is 4.79 Å². The topological polar surface area (TPSA) is 35.5 Å². The molecule has 0 radical (unpaired) electrons. The summed E-state index contributed by atoms with van der Waals surface area (Å²) >= 11 is 0. The number of carbonyl (C=O) groups excluding carboxylic acids is 1. The molecule has 0 bridgehead atoms. The van der Waals surface area contributed by atoms with Crippen LogP contribution in [0.15, 0.2) is 37.6 Å². The predicted molar refractivity (Wildman–Crippen MR) is 46.4 cm³/mol. The van der Waals surface area contributed by atoms with Crippen LogP contribution in [0.4, 0.5) is 0 Å². The SMILES string of the molecule is C=CCOC=CCOC(=O)C=C. The average molecular weight is 168 g/mol. The molecule has 0 aliphatic rings. The Labute approximate surface area is 72.0 Å². The van der Waals surface area contributed by atoms with Crippen LogP contribution in [0.2, 0.25) is 0 Å². The monoisotopic (exact) mass is 168 g/mol. The Bertz CT molecular complexity index is 182.